The summed E-state index contributed by atoms with van der Waals surface area (Å²) in [4.78, 5) is 4.53. The van der Waals surface area contributed by atoms with Gasteiger partial charge in [0.15, 0.2) is 0 Å². The Morgan fingerprint density at radius 1 is 1.37 bits per heavy atom. The Labute approximate surface area is 126 Å². The molecule has 0 fully saturated rings. The number of aromatic nitrogens is 2. The van der Waals surface area contributed by atoms with Crippen molar-refractivity contribution in [2.75, 3.05) is 0 Å². The first-order chi connectivity index (χ1) is 8.90. The van der Waals surface area contributed by atoms with Gasteiger partial charge in [0.1, 0.15) is 11.6 Å². The van der Waals surface area contributed by atoms with E-state index in [-0.39, 0.29) is 11.2 Å². The molecule has 0 aliphatic carbocycles. The number of hydrogen-bond acceptors (Lipinski definition) is 1. The van der Waals surface area contributed by atoms with Crippen molar-refractivity contribution in [3.05, 3.63) is 28.2 Å². The minimum absolute atomic E-state index is 0.193. The molecule has 0 aliphatic heterocycles. The van der Waals surface area contributed by atoms with E-state index in [0.717, 1.165) is 29.8 Å². The van der Waals surface area contributed by atoms with Gasteiger partial charge in [0.05, 0.1) is 20.9 Å². The summed E-state index contributed by atoms with van der Waals surface area (Å²) in [6, 6.07) is 3.23. The molecule has 0 aliphatic rings. The number of benzene rings is 1. The first kappa shape index (κ1) is 14.8. The molecule has 5 heteroatoms. The number of alkyl halides is 1. The normalized spacial score (nSPS) is 13.4. The zero-order valence-electron chi connectivity index (χ0n) is 11.3. The summed E-state index contributed by atoms with van der Waals surface area (Å²) in [5.41, 5.74) is 1.59. The molecule has 1 aromatic heterocycles. The van der Waals surface area contributed by atoms with Crippen LogP contribution in [0.3, 0.4) is 0 Å². The minimum atomic E-state index is -0.271. The topological polar surface area (TPSA) is 17.8 Å². The Balaban J connectivity index is 2.55. The average molecular weight is 348 g/mol. The number of aryl methyl sites for hydroxylation is 1. The van der Waals surface area contributed by atoms with Crippen molar-refractivity contribution in [1.82, 2.24) is 9.55 Å². The summed E-state index contributed by atoms with van der Waals surface area (Å²) in [6.07, 6.45) is 1.01. The van der Waals surface area contributed by atoms with E-state index >= 15 is 0 Å². The van der Waals surface area contributed by atoms with Crippen LogP contribution in [-0.2, 0) is 6.54 Å². The first-order valence-electron chi connectivity index (χ1n) is 6.39. The van der Waals surface area contributed by atoms with Gasteiger partial charge < -0.3 is 4.57 Å². The Morgan fingerprint density at radius 2 is 2.05 bits per heavy atom. The highest BCUT2D eigenvalue weighted by Crippen LogP contribution is 2.28. The Bertz CT molecular complexity index is 593. The van der Waals surface area contributed by atoms with Crippen molar-refractivity contribution in [2.45, 2.75) is 39.1 Å². The molecule has 0 radical (unpaired) electrons. The second-order valence-corrected chi connectivity index (χ2v) is 6.68. The molecule has 1 heterocycles. The number of halogens is 3. The van der Waals surface area contributed by atoms with Gasteiger partial charge in [-0.05, 0) is 41.3 Å². The van der Waals surface area contributed by atoms with Gasteiger partial charge in [0.25, 0.3) is 0 Å². The van der Waals surface area contributed by atoms with Crippen molar-refractivity contribution in [1.29, 1.82) is 0 Å². The summed E-state index contributed by atoms with van der Waals surface area (Å²) in [5.74, 6) is 1.11. The molecule has 1 atom stereocenters. The largest absolute Gasteiger partial charge is 0.327 e. The van der Waals surface area contributed by atoms with Crippen LogP contribution in [-0.4, -0.2) is 9.55 Å². The van der Waals surface area contributed by atoms with Crippen LogP contribution < -0.4 is 0 Å². The van der Waals surface area contributed by atoms with Gasteiger partial charge in [0, 0.05) is 12.6 Å². The van der Waals surface area contributed by atoms with Gasteiger partial charge in [-0.3, -0.25) is 0 Å². The molecule has 0 saturated carbocycles. The maximum absolute atomic E-state index is 13.7. The monoisotopic (exact) mass is 346 g/mol. The van der Waals surface area contributed by atoms with Crippen LogP contribution in [0.25, 0.3) is 11.0 Å². The molecule has 0 spiro atoms. The highest BCUT2D eigenvalue weighted by Gasteiger charge is 2.16. The number of rotatable bonds is 4. The van der Waals surface area contributed by atoms with Crippen LogP contribution in [0.2, 0.25) is 0 Å². The van der Waals surface area contributed by atoms with Gasteiger partial charge >= 0.3 is 0 Å². The number of nitrogens with zero attached hydrogens (tertiary/aromatic N) is 2. The molecule has 104 valence electrons. The Kier molecular flexibility index (Phi) is 4.51. The van der Waals surface area contributed by atoms with E-state index in [1.165, 1.54) is 6.07 Å². The molecule has 19 heavy (non-hydrogen) atoms. The van der Waals surface area contributed by atoms with Gasteiger partial charge in [-0.15, -0.1) is 11.6 Å². The van der Waals surface area contributed by atoms with Crippen molar-refractivity contribution in [2.24, 2.45) is 5.92 Å². The molecular formula is C14H17BrClFN2. The minimum Gasteiger partial charge on any atom is -0.327 e. The van der Waals surface area contributed by atoms with E-state index in [4.69, 9.17) is 11.6 Å². The predicted molar refractivity (Wildman–Crippen MR) is 81.1 cm³/mol. The lowest BCUT2D eigenvalue weighted by Crippen LogP contribution is -2.06. The van der Waals surface area contributed by atoms with Crippen LogP contribution in [0.4, 0.5) is 4.39 Å². The predicted octanol–water partition coefficient (Wildman–Crippen LogP) is 5.28. The highest BCUT2D eigenvalue weighted by molar-refractivity contribution is 9.10. The lowest BCUT2D eigenvalue weighted by molar-refractivity contribution is 0.511. The molecule has 1 unspecified atom stereocenters. The summed E-state index contributed by atoms with van der Waals surface area (Å²) < 4.78 is 16.2. The van der Waals surface area contributed by atoms with Crippen molar-refractivity contribution in [3.8, 4) is 0 Å². The fourth-order valence-electron chi connectivity index (χ4n) is 2.06. The molecule has 2 nitrogen and oxygen atoms in total. The molecule has 0 bridgehead atoms. The highest BCUT2D eigenvalue weighted by atomic mass is 79.9. The second kappa shape index (κ2) is 5.80. The summed E-state index contributed by atoms with van der Waals surface area (Å²) in [7, 11) is 0. The average Bonchev–Trinajstić information content (AvgIpc) is 2.65. The van der Waals surface area contributed by atoms with Gasteiger partial charge in [0.2, 0.25) is 0 Å². The summed E-state index contributed by atoms with van der Waals surface area (Å²) >= 11 is 9.38. The summed E-state index contributed by atoms with van der Waals surface area (Å²) in [6.45, 7) is 7.03. The Hall–Kier alpha value is -0.610. The zero-order chi connectivity index (χ0) is 14.2. The number of imidazole rings is 1. The van der Waals surface area contributed by atoms with Crippen LogP contribution >= 0.6 is 27.5 Å². The fraction of sp³-hybridized carbons (Fsp3) is 0.500. The number of hydrogen-bond donors (Lipinski definition) is 0. The zero-order valence-corrected chi connectivity index (χ0v) is 13.6. The van der Waals surface area contributed by atoms with E-state index in [0.29, 0.717) is 10.4 Å². The third-order valence-electron chi connectivity index (χ3n) is 3.11. The van der Waals surface area contributed by atoms with Gasteiger partial charge in [-0.2, -0.15) is 0 Å². The smallest absolute Gasteiger partial charge is 0.139 e. The van der Waals surface area contributed by atoms with Gasteiger partial charge in [-0.1, -0.05) is 13.8 Å². The van der Waals surface area contributed by atoms with Crippen molar-refractivity contribution < 1.29 is 4.39 Å². The molecule has 0 N–H and O–H groups in total. The van der Waals surface area contributed by atoms with E-state index < -0.39 is 0 Å². The van der Waals surface area contributed by atoms with Crippen LogP contribution in [0.15, 0.2) is 16.6 Å². The van der Waals surface area contributed by atoms with E-state index in [2.05, 4.69) is 34.8 Å². The third kappa shape index (κ3) is 3.11. The van der Waals surface area contributed by atoms with Crippen LogP contribution in [0, 0.1) is 11.7 Å². The second-order valence-electron chi connectivity index (χ2n) is 5.18. The lowest BCUT2D eigenvalue weighted by atomic mass is 10.1. The maximum Gasteiger partial charge on any atom is 0.139 e. The molecule has 1 aromatic carbocycles. The molecular weight excluding hydrogens is 331 g/mol. The lowest BCUT2D eigenvalue weighted by Gasteiger charge is -2.12. The maximum atomic E-state index is 13.7. The quantitative estimate of drug-likeness (QED) is 0.688. The molecule has 2 rings (SSSR count). The van der Waals surface area contributed by atoms with E-state index in [9.17, 15) is 4.39 Å². The molecule has 0 saturated heterocycles. The van der Waals surface area contributed by atoms with Crippen molar-refractivity contribution in [3.63, 3.8) is 0 Å². The molecule has 2 aromatic rings. The Morgan fingerprint density at radius 3 is 2.63 bits per heavy atom. The third-order valence-corrected chi connectivity index (χ3v) is 3.91. The fourth-order valence-corrected chi connectivity index (χ4v) is 2.56. The SMILES string of the molecule is CC(C)CCn1c(C(C)Cl)nc2cc(Br)c(F)cc21. The molecule has 0 amide bonds. The summed E-state index contributed by atoms with van der Waals surface area (Å²) in [5, 5.41) is -0.193. The first-order valence-corrected chi connectivity index (χ1v) is 7.62. The standard InChI is InChI=1S/C14H17BrClFN2/c1-8(2)4-5-19-13-7-11(17)10(15)6-12(13)18-14(19)9(3)16/h6-9H,4-5H2,1-3H3. The van der Waals surface area contributed by atoms with Crippen LogP contribution in [0.1, 0.15) is 38.4 Å². The van der Waals surface area contributed by atoms with Gasteiger partial charge in [-0.25, -0.2) is 9.37 Å². The number of fused-ring (bicyclic) bond motifs is 1. The van der Waals surface area contributed by atoms with Crippen LogP contribution in [0.5, 0.6) is 0 Å². The van der Waals surface area contributed by atoms with E-state index in [1.54, 1.807) is 6.07 Å². The van der Waals surface area contributed by atoms with E-state index in [1.807, 2.05) is 11.5 Å². The van der Waals surface area contributed by atoms with Crippen molar-refractivity contribution >= 4 is 38.6 Å².